The Hall–Kier alpha value is -1.64. The van der Waals surface area contributed by atoms with Crippen LogP contribution < -0.4 is 4.90 Å². The number of hydrogen-bond donors (Lipinski definition) is 0. The molecule has 0 radical (unpaired) electrons. The van der Waals surface area contributed by atoms with Crippen molar-refractivity contribution in [1.29, 1.82) is 0 Å². The second kappa shape index (κ2) is 4.18. The van der Waals surface area contributed by atoms with Crippen molar-refractivity contribution in [1.82, 2.24) is 0 Å². The van der Waals surface area contributed by atoms with Gasteiger partial charge >= 0.3 is 0 Å². The number of fused-ring (bicyclic) bond motifs is 2. The van der Waals surface area contributed by atoms with Crippen LogP contribution in [0.25, 0.3) is 0 Å². The summed E-state index contributed by atoms with van der Waals surface area (Å²) in [5, 5.41) is 0. The number of nitrogens with zero attached hydrogens (tertiary/aromatic N) is 1. The smallest absolute Gasteiger partial charge is 0.227 e. The van der Waals surface area contributed by atoms with E-state index in [2.05, 4.69) is 0 Å². The molecule has 1 aromatic rings. The first-order chi connectivity index (χ1) is 9.63. The fourth-order valence-electron chi connectivity index (χ4n) is 3.97. The summed E-state index contributed by atoms with van der Waals surface area (Å²) in [7, 11) is 1.81. The molecule has 20 heavy (non-hydrogen) atoms. The zero-order valence-corrected chi connectivity index (χ0v) is 11.8. The molecular formula is C17H19NO2. The van der Waals surface area contributed by atoms with Crippen LogP contribution in [0.4, 0.5) is 5.69 Å². The molecule has 1 aliphatic heterocycles. The molecule has 2 atom stereocenters. The van der Waals surface area contributed by atoms with Gasteiger partial charge in [0.05, 0.1) is 0 Å². The molecule has 0 N–H and O–H groups in total. The van der Waals surface area contributed by atoms with E-state index in [1.165, 1.54) is 6.42 Å². The van der Waals surface area contributed by atoms with Gasteiger partial charge in [-0.15, -0.1) is 0 Å². The number of amides is 1. The van der Waals surface area contributed by atoms with Crippen LogP contribution in [0.15, 0.2) is 18.2 Å². The van der Waals surface area contributed by atoms with Gasteiger partial charge in [0.15, 0.2) is 5.78 Å². The molecule has 0 spiro atoms. The highest BCUT2D eigenvalue weighted by molar-refractivity contribution is 6.00. The molecule has 2 fully saturated rings. The maximum Gasteiger partial charge on any atom is 0.227 e. The van der Waals surface area contributed by atoms with Gasteiger partial charge in [0.1, 0.15) is 0 Å². The summed E-state index contributed by atoms with van der Waals surface area (Å²) in [6, 6.07) is 5.86. The molecule has 0 bridgehead atoms. The number of Topliss-reactive ketones (excluding diaryl/α,β-unsaturated/α-hetero) is 1. The highest BCUT2D eigenvalue weighted by Crippen LogP contribution is 2.55. The third kappa shape index (κ3) is 1.80. The molecule has 0 aromatic heterocycles. The lowest BCUT2D eigenvalue weighted by Gasteiger charge is -2.26. The summed E-state index contributed by atoms with van der Waals surface area (Å²) in [4.78, 5) is 26.0. The number of rotatable bonds is 2. The lowest BCUT2D eigenvalue weighted by atomic mass is 9.90. The Morgan fingerprint density at radius 3 is 2.65 bits per heavy atom. The summed E-state index contributed by atoms with van der Waals surface area (Å²) < 4.78 is 0. The number of carbonyl (C=O) groups is 2. The summed E-state index contributed by atoms with van der Waals surface area (Å²) in [5.74, 6) is 2.41. The topological polar surface area (TPSA) is 37.4 Å². The molecular weight excluding hydrogens is 250 g/mol. The molecule has 2 aliphatic carbocycles. The monoisotopic (exact) mass is 269 g/mol. The molecule has 4 rings (SSSR count). The summed E-state index contributed by atoms with van der Waals surface area (Å²) in [6.45, 7) is 0. The van der Waals surface area contributed by atoms with Gasteiger partial charge in [-0.1, -0.05) is 0 Å². The van der Waals surface area contributed by atoms with Crippen LogP contribution in [0.1, 0.15) is 41.6 Å². The molecule has 0 saturated heterocycles. The minimum atomic E-state index is 0.160. The van der Waals surface area contributed by atoms with Crippen molar-refractivity contribution in [3.63, 3.8) is 0 Å². The molecule has 1 heterocycles. The van der Waals surface area contributed by atoms with Crippen LogP contribution in [0.3, 0.4) is 0 Å². The Bertz CT molecular complexity index is 597. The molecule has 3 aliphatic rings. The number of aryl methyl sites for hydroxylation is 1. The number of carbonyl (C=O) groups excluding carboxylic acids is 2. The Kier molecular flexibility index (Phi) is 2.53. The highest BCUT2D eigenvalue weighted by Gasteiger charge is 2.48. The Labute approximate surface area is 119 Å². The van der Waals surface area contributed by atoms with Crippen molar-refractivity contribution in [2.75, 3.05) is 11.9 Å². The first-order valence-electron chi connectivity index (χ1n) is 7.57. The largest absolute Gasteiger partial charge is 0.315 e. The van der Waals surface area contributed by atoms with Crippen molar-refractivity contribution < 1.29 is 9.59 Å². The van der Waals surface area contributed by atoms with E-state index in [0.717, 1.165) is 47.9 Å². The van der Waals surface area contributed by atoms with Gasteiger partial charge < -0.3 is 4.90 Å². The lowest BCUT2D eigenvalue weighted by molar-refractivity contribution is -0.118. The van der Waals surface area contributed by atoms with E-state index in [4.69, 9.17) is 0 Å². The molecule has 2 unspecified atom stereocenters. The standard InChI is InChI=1S/C17H19NO2/c1-18-15-4-2-11(6-10(15)3-5-16(18)19)17(20)14-8-12-7-13(12)9-14/h2,4,6,12-14H,3,5,7-9H2,1H3. The maximum atomic E-state index is 12.6. The van der Waals surface area contributed by atoms with E-state index >= 15 is 0 Å². The van der Waals surface area contributed by atoms with E-state index in [1.807, 2.05) is 25.2 Å². The van der Waals surface area contributed by atoms with E-state index in [0.29, 0.717) is 12.2 Å². The van der Waals surface area contributed by atoms with Crippen molar-refractivity contribution in [2.45, 2.75) is 32.1 Å². The van der Waals surface area contributed by atoms with Crippen LogP contribution >= 0.6 is 0 Å². The quantitative estimate of drug-likeness (QED) is 0.774. The summed E-state index contributed by atoms with van der Waals surface area (Å²) in [5.41, 5.74) is 2.95. The number of hydrogen-bond acceptors (Lipinski definition) is 2. The minimum absolute atomic E-state index is 0.160. The predicted molar refractivity (Wildman–Crippen MR) is 76.8 cm³/mol. The van der Waals surface area contributed by atoms with E-state index < -0.39 is 0 Å². The average molecular weight is 269 g/mol. The fourth-order valence-corrected chi connectivity index (χ4v) is 3.97. The molecule has 1 aromatic carbocycles. The third-order valence-electron chi connectivity index (χ3n) is 5.32. The van der Waals surface area contributed by atoms with Crippen LogP contribution in [0, 0.1) is 17.8 Å². The van der Waals surface area contributed by atoms with Crippen molar-refractivity contribution in [3.05, 3.63) is 29.3 Å². The molecule has 2 saturated carbocycles. The van der Waals surface area contributed by atoms with Gasteiger partial charge in [-0.25, -0.2) is 0 Å². The highest BCUT2D eigenvalue weighted by atomic mass is 16.2. The zero-order chi connectivity index (χ0) is 13.9. The SMILES string of the molecule is CN1C(=O)CCc2cc(C(=O)C3CC4CC4C3)ccc21. The van der Waals surface area contributed by atoms with E-state index in [-0.39, 0.29) is 11.8 Å². The number of anilines is 1. The zero-order valence-electron chi connectivity index (χ0n) is 11.8. The van der Waals surface area contributed by atoms with Gasteiger partial charge in [-0.05, 0) is 61.3 Å². The van der Waals surface area contributed by atoms with Gasteiger partial charge in [-0.2, -0.15) is 0 Å². The van der Waals surface area contributed by atoms with Crippen molar-refractivity contribution in [3.8, 4) is 0 Å². The van der Waals surface area contributed by atoms with Crippen molar-refractivity contribution in [2.24, 2.45) is 17.8 Å². The van der Waals surface area contributed by atoms with Crippen LogP contribution in [-0.2, 0) is 11.2 Å². The van der Waals surface area contributed by atoms with Crippen LogP contribution in [0.2, 0.25) is 0 Å². The average Bonchev–Trinajstić information content (AvgIpc) is 3.08. The van der Waals surface area contributed by atoms with Gasteiger partial charge in [0, 0.05) is 30.6 Å². The lowest BCUT2D eigenvalue weighted by Crippen LogP contribution is -2.31. The van der Waals surface area contributed by atoms with Gasteiger partial charge in [0.2, 0.25) is 5.91 Å². The Balaban J connectivity index is 1.60. The van der Waals surface area contributed by atoms with E-state index in [9.17, 15) is 9.59 Å². The second-order valence-corrected chi connectivity index (χ2v) is 6.58. The third-order valence-corrected chi connectivity index (χ3v) is 5.32. The summed E-state index contributed by atoms with van der Waals surface area (Å²) in [6.07, 6.45) is 4.85. The first-order valence-corrected chi connectivity index (χ1v) is 7.57. The number of benzene rings is 1. The molecule has 3 nitrogen and oxygen atoms in total. The first kappa shape index (κ1) is 12.1. The maximum absolute atomic E-state index is 12.6. The predicted octanol–water partition coefficient (Wildman–Crippen LogP) is 2.82. The minimum Gasteiger partial charge on any atom is -0.315 e. The van der Waals surface area contributed by atoms with Gasteiger partial charge in [-0.3, -0.25) is 9.59 Å². The molecule has 3 heteroatoms. The normalized spacial score (nSPS) is 30.9. The molecule has 1 amide bonds. The fraction of sp³-hybridized carbons (Fsp3) is 0.529. The summed E-state index contributed by atoms with van der Waals surface area (Å²) >= 11 is 0. The van der Waals surface area contributed by atoms with Crippen LogP contribution in [-0.4, -0.2) is 18.7 Å². The van der Waals surface area contributed by atoms with Crippen LogP contribution in [0.5, 0.6) is 0 Å². The second-order valence-electron chi connectivity index (χ2n) is 6.58. The Morgan fingerprint density at radius 2 is 1.90 bits per heavy atom. The van der Waals surface area contributed by atoms with Crippen molar-refractivity contribution >= 4 is 17.4 Å². The Morgan fingerprint density at radius 1 is 1.15 bits per heavy atom. The molecule has 104 valence electrons. The van der Waals surface area contributed by atoms with Gasteiger partial charge in [0.25, 0.3) is 0 Å². The van der Waals surface area contributed by atoms with E-state index in [1.54, 1.807) is 4.90 Å². The number of ketones is 1.